The Labute approximate surface area is 168 Å². The molecule has 1 atom stereocenters. The number of aromatic nitrogens is 4. The van der Waals surface area contributed by atoms with E-state index in [0.29, 0.717) is 16.7 Å². The summed E-state index contributed by atoms with van der Waals surface area (Å²) in [5.74, 6) is 1.34. The predicted octanol–water partition coefficient (Wildman–Crippen LogP) is 5.10. The molecule has 6 heteroatoms. The number of pyridine rings is 2. The van der Waals surface area contributed by atoms with Gasteiger partial charge in [0, 0.05) is 40.9 Å². The van der Waals surface area contributed by atoms with Gasteiger partial charge >= 0.3 is 0 Å². The van der Waals surface area contributed by atoms with E-state index >= 15 is 0 Å². The van der Waals surface area contributed by atoms with Crippen molar-refractivity contribution in [3.8, 4) is 11.4 Å². The van der Waals surface area contributed by atoms with Crippen molar-refractivity contribution in [3.05, 3.63) is 101 Å². The summed E-state index contributed by atoms with van der Waals surface area (Å²) in [7, 11) is 0. The van der Waals surface area contributed by atoms with Crippen molar-refractivity contribution in [1.82, 2.24) is 19.9 Å². The van der Waals surface area contributed by atoms with Crippen LogP contribution in [0.15, 0.2) is 79.3 Å². The van der Waals surface area contributed by atoms with Gasteiger partial charge in [0.2, 0.25) is 0 Å². The molecule has 0 spiro atoms. The Morgan fingerprint density at radius 1 is 0.929 bits per heavy atom. The summed E-state index contributed by atoms with van der Waals surface area (Å²) in [6.07, 6.45) is 5.27. The lowest BCUT2D eigenvalue weighted by Gasteiger charge is -2.20. The highest BCUT2D eigenvalue weighted by Gasteiger charge is 2.17. The van der Waals surface area contributed by atoms with E-state index in [1.807, 2.05) is 67.6 Å². The molecule has 0 amide bonds. The number of rotatable bonds is 5. The molecule has 28 heavy (non-hydrogen) atoms. The quantitative estimate of drug-likeness (QED) is 0.516. The highest BCUT2D eigenvalue weighted by Crippen LogP contribution is 2.27. The minimum atomic E-state index is -0.198. The van der Waals surface area contributed by atoms with Crippen LogP contribution in [0, 0.1) is 6.92 Å². The van der Waals surface area contributed by atoms with Crippen LogP contribution >= 0.6 is 11.6 Å². The molecule has 0 aliphatic heterocycles. The Morgan fingerprint density at radius 2 is 1.86 bits per heavy atom. The molecule has 138 valence electrons. The fraction of sp³-hybridized carbons (Fsp3) is 0.0909. The lowest BCUT2D eigenvalue weighted by molar-refractivity contribution is 0.875. The molecule has 0 saturated carbocycles. The minimum Gasteiger partial charge on any atom is -0.357 e. The van der Waals surface area contributed by atoms with Gasteiger partial charge in [-0.25, -0.2) is 9.97 Å². The fourth-order valence-corrected chi connectivity index (χ4v) is 3.17. The molecule has 0 bridgehead atoms. The fourth-order valence-electron chi connectivity index (χ4n) is 2.98. The number of anilines is 1. The molecular weight excluding hydrogens is 370 g/mol. The summed E-state index contributed by atoms with van der Waals surface area (Å²) in [6, 6.07) is 19.1. The van der Waals surface area contributed by atoms with Crippen LogP contribution in [0.5, 0.6) is 0 Å². The molecule has 0 radical (unpaired) electrons. The molecule has 3 heterocycles. The Morgan fingerprint density at radius 3 is 2.61 bits per heavy atom. The summed E-state index contributed by atoms with van der Waals surface area (Å²) in [4.78, 5) is 17.9. The molecule has 0 fully saturated rings. The topological polar surface area (TPSA) is 63.6 Å². The van der Waals surface area contributed by atoms with Crippen LogP contribution < -0.4 is 5.32 Å². The lowest BCUT2D eigenvalue weighted by Crippen LogP contribution is -2.15. The molecule has 0 aliphatic carbocycles. The molecule has 1 unspecified atom stereocenters. The first kappa shape index (κ1) is 18.1. The average Bonchev–Trinajstić information content (AvgIpc) is 2.73. The zero-order valence-corrected chi connectivity index (χ0v) is 16.0. The Bertz CT molecular complexity index is 1070. The second-order valence-electron chi connectivity index (χ2n) is 6.35. The number of hydrogen-bond donors (Lipinski definition) is 1. The van der Waals surface area contributed by atoms with Gasteiger partial charge in [0.1, 0.15) is 5.82 Å². The summed E-state index contributed by atoms with van der Waals surface area (Å²) in [5.41, 5.74) is 3.61. The molecule has 0 saturated heterocycles. The molecule has 1 N–H and O–H groups in total. The number of hydrogen-bond acceptors (Lipinski definition) is 5. The van der Waals surface area contributed by atoms with Gasteiger partial charge in [-0.1, -0.05) is 29.8 Å². The first-order valence-corrected chi connectivity index (χ1v) is 9.26. The second kappa shape index (κ2) is 8.15. The summed E-state index contributed by atoms with van der Waals surface area (Å²) in [5, 5.41) is 4.17. The third kappa shape index (κ3) is 4.15. The third-order valence-corrected chi connectivity index (χ3v) is 4.47. The van der Waals surface area contributed by atoms with Gasteiger partial charge in [0.05, 0.1) is 11.7 Å². The molecule has 3 aromatic heterocycles. The highest BCUT2D eigenvalue weighted by molar-refractivity contribution is 6.30. The SMILES string of the molecule is Cc1cc(NC(c2cccc(Cl)c2)c2ccccn2)nc(-c2cccnc2)n1. The highest BCUT2D eigenvalue weighted by atomic mass is 35.5. The molecule has 4 rings (SSSR count). The minimum absolute atomic E-state index is 0.198. The monoisotopic (exact) mass is 387 g/mol. The van der Waals surface area contributed by atoms with E-state index in [1.54, 1.807) is 18.6 Å². The number of halogens is 1. The van der Waals surface area contributed by atoms with E-state index in [0.717, 1.165) is 22.5 Å². The summed E-state index contributed by atoms with van der Waals surface area (Å²) < 4.78 is 0. The number of aryl methyl sites for hydroxylation is 1. The maximum atomic E-state index is 6.23. The molecule has 0 aliphatic rings. The van der Waals surface area contributed by atoms with Gasteiger partial charge in [0.15, 0.2) is 5.82 Å². The number of benzene rings is 1. The Kier molecular flexibility index (Phi) is 5.26. The van der Waals surface area contributed by atoms with Crippen LogP contribution in [0.4, 0.5) is 5.82 Å². The van der Waals surface area contributed by atoms with Crippen molar-refractivity contribution >= 4 is 17.4 Å². The largest absolute Gasteiger partial charge is 0.357 e. The third-order valence-electron chi connectivity index (χ3n) is 4.23. The van der Waals surface area contributed by atoms with Crippen LogP contribution in [0.25, 0.3) is 11.4 Å². The van der Waals surface area contributed by atoms with Gasteiger partial charge in [-0.2, -0.15) is 0 Å². The van der Waals surface area contributed by atoms with Crippen LogP contribution in [-0.2, 0) is 0 Å². The average molecular weight is 388 g/mol. The predicted molar refractivity (Wildman–Crippen MR) is 111 cm³/mol. The van der Waals surface area contributed by atoms with E-state index < -0.39 is 0 Å². The van der Waals surface area contributed by atoms with Gasteiger partial charge in [-0.05, 0) is 48.9 Å². The van der Waals surface area contributed by atoms with Crippen molar-refractivity contribution in [2.24, 2.45) is 0 Å². The van der Waals surface area contributed by atoms with Gasteiger partial charge in [-0.15, -0.1) is 0 Å². The van der Waals surface area contributed by atoms with Gasteiger partial charge < -0.3 is 5.32 Å². The van der Waals surface area contributed by atoms with Crippen molar-refractivity contribution in [2.75, 3.05) is 5.32 Å². The van der Waals surface area contributed by atoms with Crippen molar-refractivity contribution < 1.29 is 0 Å². The van der Waals surface area contributed by atoms with E-state index in [2.05, 4.69) is 20.3 Å². The summed E-state index contributed by atoms with van der Waals surface area (Å²) >= 11 is 6.23. The molecule has 1 aromatic carbocycles. The molecule has 5 nitrogen and oxygen atoms in total. The molecule has 4 aromatic rings. The van der Waals surface area contributed by atoms with Crippen LogP contribution in [-0.4, -0.2) is 19.9 Å². The normalized spacial score (nSPS) is 11.8. The first-order chi connectivity index (χ1) is 13.7. The second-order valence-corrected chi connectivity index (χ2v) is 6.78. The van der Waals surface area contributed by atoms with E-state index in [4.69, 9.17) is 16.6 Å². The summed E-state index contributed by atoms with van der Waals surface area (Å²) in [6.45, 7) is 1.95. The maximum Gasteiger partial charge on any atom is 0.163 e. The Balaban J connectivity index is 1.74. The van der Waals surface area contributed by atoms with Gasteiger partial charge in [-0.3, -0.25) is 9.97 Å². The van der Waals surface area contributed by atoms with Crippen LogP contribution in [0.1, 0.15) is 23.0 Å². The maximum absolute atomic E-state index is 6.23. The Hall–Kier alpha value is -3.31. The van der Waals surface area contributed by atoms with Crippen molar-refractivity contribution in [1.29, 1.82) is 0 Å². The van der Waals surface area contributed by atoms with E-state index in [1.165, 1.54) is 0 Å². The zero-order chi connectivity index (χ0) is 19.3. The van der Waals surface area contributed by atoms with Crippen molar-refractivity contribution in [2.45, 2.75) is 13.0 Å². The van der Waals surface area contributed by atoms with Gasteiger partial charge in [0.25, 0.3) is 0 Å². The smallest absolute Gasteiger partial charge is 0.163 e. The lowest BCUT2D eigenvalue weighted by atomic mass is 10.0. The first-order valence-electron chi connectivity index (χ1n) is 8.88. The van der Waals surface area contributed by atoms with E-state index in [-0.39, 0.29) is 6.04 Å². The number of nitrogens with zero attached hydrogens (tertiary/aromatic N) is 4. The molecular formula is C22H18ClN5. The standard InChI is InChI=1S/C22H18ClN5/c1-15-12-20(28-22(26-15)17-7-5-10-24-14-17)27-21(19-9-2-3-11-25-19)16-6-4-8-18(23)13-16/h2-14,21H,1H3,(H,26,27,28). The zero-order valence-electron chi connectivity index (χ0n) is 15.2. The van der Waals surface area contributed by atoms with Crippen LogP contribution in [0.3, 0.4) is 0 Å². The number of nitrogens with one attached hydrogen (secondary N) is 1. The van der Waals surface area contributed by atoms with E-state index in [9.17, 15) is 0 Å². The van der Waals surface area contributed by atoms with Crippen LogP contribution in [0.2, 0.25) is 5.02 Å². The van der Waals surface area contributed by atoms with Crippen molar-refractivity contribution in [3.63, 3.8) is 0 Å².